The third-order valence-corrected chi connectivity index (χ3v) is 2.69. The van der Waals surface area contributed by atoms with Crippen LogP contribution in [0, 0.1) is 0 Å². The minimum absolute atomic E-state index is 0.0748. The van der Waals surface area contributed by atoms with Crippen molar-refractivity contribution in [3.05, 3.63) is 54.1 Å². The number of anilines is 1. The summed E-state index contributed by atoms with van der Waals surface area (Å²) in [5, 5.41) is 0. The van der Waals surface area contributed by atoms with E-state index >= 15 is 0 Å². The second-order valence-electron chi connectivity index (χ2n) is 3.95. The van der Waals surface area contributed by atoms with Crippen molar-refractivity contribution in [2.24, 2.45) is 0 Å². The molecule has 2 aromatic rings. The fourth-order valence-corrected chi connectivity index (χ4v) is 1.71. The van der Waals surface area contributed by atoms with Gasteiger partial charge in [0.25, 0.3) is 0 Å². The van der Waals surface area contributed by atoms with Crippen molar-refractivity contribution in [2.45, 2.75) is 0 Å². The Morgan fingerprint density at radius 2 is 1.68 bits per heavy atom. The van der Waals surface area contributed by atoms with E-state index in [-0.39, 0.29) is 12.4 Å². The van der Waals surface area contributed by atoms with Crippen molar-refractivity contribution in [1.29, 1.82) is 0 Å². The Hall–Kier alpha value is -2.49. The van der Waals surface area contributed by atoms with Crippen LogP contribution in [-0.4, -0.2) is 19.5 Å². The molecule has 0 aliphatic heterocycles. The van der Waals surface area contributed by atoms with Crippen molar-refractivity contribution in [3.8, 4) is 11.5 Å². The number of methoxy groups -OCH3 is 1. The number of carbonyl (C=O) groups excluding carboxylic acids is 1. The first-order valence-corrected chi connectivity index (χ1v) is 5.86. The lowest BCUT2D eigenvalue weighted by molar-refractivity contribution is 0.0919. The van der Waals surface area contributed by atoms with Gasteiger partial charge in [-0.2, -0.15) is 0 Å². The van der Waals surface area contributed by atoms with Gasteiger partial charge in [-0.15, -0.1) is 0 Å². The third-order valence-electron chi connectivity index (χ3n) is 2.69. The molecule has 0 fully saturated rings. The molecule has 98 valence electrons. The number of hydrogen-bond donors (Lipinski definition) is 1. The van der Waals surface area contributed by atoms with Gasteiger partial charge in [0.1, 0.15) is 11.5 Å². The van der Waals surface area contributed by atoms with Crippen LogP contribution in [0.25, 0.3) is 0 Å². The first-order valence-electron chi connectivity index (χ1n) is 5.86. The predicted octanol–water partition coefficient (Wildman–Crippen LogP) is 2.54. The van der Waals surface area contributed by atoms with Gasteiger partial charge < -0.3 is 15.2 Å². The first kappa shape index (κ1) is 13.0. The number of carbonyl (C=O) groups is 1. The van der Waals surface area contributed by atoms with Gasteiger partial charge in [0.15, 0.2) is 6.61 Å². The van der Waals surface area contributed by atoms with Crippen molar-refractivity contribution < 1.29 is 14.3 Å². The van der Waals surface area contributed by atoms with E-state index in [0.717, 1.165) is 0 Å². The van der Waals surface area contributed by atoms with Crippen molar-refractivity contribution in [3.63, 3.8) is 0 Å². The zero-order valence-corrected chi connectivity index (χ0v) is 10.6. The number of benzene rings is 2. The Morgan fingerprint density at radius 3 is 2.37 bits per heavy atom. The summed E-state index contributed by atoms with van der Waals surface area (Å²) >= 11 is 0. The molecular formula is C15H15NO3. The lowest BCUT2D eigenvalue weighted by atomic mass is 10.1. The molecule has 2 rings (SSSR count). The Balaban J connectivity index is 2.08. The lowest BCUT2D eigenvalue weighted by Gasteiger charge is -2.10. The van der Waals surface area contributed by atoms with Gasteiger partial charge in [0, 0.05) is 0 Å². The zero-order valence-electron chi connectivity index (χ0n) is 10.6. The first-order chi connectivity index (χ1) is 9.22. The second-order valence-corrected chi connectivity index (χ2v) is 3.95. The van der Waals surface area contributed by atoms with Gasteiger partial charge in [-0.1, -0.05) is 24.3 Å². The van der Waals surface area contributed by atoms with Crippen molar-refractivity contribution in [2.75, 3.05) is 19.5 Å². The van der Waals surface area contributed by atoms with Crippen LogP contribution in [0.5, 0.6) is 11.5 Å². The summed E-state index contributed by atoms with van der Waals surface area (Å²) in [5.74, 6) is 0.892. The van der Waals surface area contributed by atoms with Crippen LogP contribution in [0.2, 0.25) is 0 Å². The topological polar surface area (TPSA) is 61.5 Å². The average molecular weight is 257 g/mol. The predicted molar refractivity (Wildman–Crippen MR) is 73.7 cm³/mol. The van der Waals surface area contributed by atoms with E-state index in [1.165, 1.54) is 7.11 Å². The maximum atomic E-state index is 12.1. The molecule has 0 aromatic heterocycles. The molecule has 2 aromatic carbocycles. The summed E-state index contributed by atoms with van der Waals surface area (Å²) in [7, 11) is 1.53. The molecule has 0 amide bonds. The molecule has 4 heteroatoms. The maximum Gasteiger partial charge on any atom is 0.203 e. The summed E-state index contributed by atoms with van der Waals surface area (Å²) in [6.45, 7) is -0.0748. The molecule has 0 atom stereocenters. The van der Waals surface area contributed by atoms with E-state index in [4.69, 9.17) is 15.2 Å². The molecule has 0 unspecified atom stereocenters. The molecule has 0 saturated heterocycles. The summed E-state index contributed by atoms with van der Waals surface area (Å²) in [4.78, 5) is 12.1. The lowest BCUT2D eigenvalue weighted by Crippen LogP contribution is -2.13. The molecule has 0 spiro atoms. The number of rotatable bonds is 5. The molecule has 0 saturated carbocycles. The van der Waals surface area contributed by atoms with Crippen LogP contribution in [0.15, 0.2) is 48.5 Å². The molecular weight excluding hydrogens is 242 g/mol. The van der Waals surface area contributed by atoms with Gasteiger partial charge in [0.05, 0.1) is 18.4 Å². The van der Waals surface area contributed by atoms with Crippen molar-refractivity contribution in [1.82, 2.24) is 0 Å². The van der Waals surface area contributed by atoms with Gasteiger partial charge in [-0.25, -0.2) is 0 Å². The highest BCUT2D eigenvalue weighted by atomic mass is 16.5. The van der Waals surface area contributed by atoms with Crippen LogP contribution in [0.3, 0.4) is 0 Å². The zero-order chi connectivity index (χ0) is 13.7. The summed E-state index contributed by atoms with van der Waals surface area (Å²) < 4.78 is 10.6. The molecule has 2 N–H and O–H groups in total. The highest BCUT2D eigenvalue weighted by Crippen LogP contribution is 2.21. The third kappa shape index (κ3) is 3.04. The Bertz CT molecular complexity index is 581. The second kappa shape index (κ2) is 5.91. The summed E-state index contributed by atoms with van der Waals surface area (Å²) in [6.07, 6.45) is 0. The standard InChI is InChI=1S/C15H15NO3/c1-18-14-8-4-2-6-11(14)13(17)10-19-15-9-5-3-7-12(15)16/h2-9H,10,16H2,1H3. The van der Waals surface area contributed by atoms with Gasteiger partial charge in [-0.3, -0.25) is 4.79 Å². The Morgan fingerprint density at radius 1 is 1.05 bits per heavy atom. The highest BCUT2D eigenvalue weighted by Gasteiger charge is 2.12. The minimum atomic E-state index is -0.152. The Labute approximate surface area is 111 Å². The van der Waals surface area contributed by atoms with E-state index in [9.17, 15) is 4.79 Å². The van der Waals surface area contributed by atoms with E-state index in [0.29, 0.717) is 22.7 Å². The van der Waals surface area contributed by atoms with Crippen LogP contribution >= 0.6 is 0 Å². The SMILES string of the molecule is COc1ccccc1C(=O)COc1ccccc1N. The minimum Gasteiger partial charge on any atom is -0.496 e. The van der Waals surface area contributed by atoms with Crippen LogP contribution in [0.1, 0.15) is 10.4 Å². The monoisotopic (exact) mass is 257 g/mol. The molecule has 19 heavy (non-hydrogen) atoms. The Kier molecular flexibility index (Phi) is 4.03. The number of hydrogen-bond acceptors (Lipinski definition) is 4. The van der Waals surface area contributed by atoms with E-state index in [1.807, 2.05) is 12.1 Å². The van der Waals surface area contributed by atoms with Crippen LogP contribution in [-0.2, 0) is 0 Å². The fourth-order valence-electron chi connectivity index (χ4n) is 1.71. The molecule has 0 bridgehead atoms. The van der Waals surface area contributed by atoms with E-state index in [1.54, 1.807) is 36.4 Å². The molecule has 0 heterocycles. The normalized spacial score (nSPS) is 9.95. The van der Waals surface area contributed by atoms with E-state index < -0.39 is 0 Å². The number of para-hydroxylation sites is 3. The molecule has 4 nitrogen and oxygen atoms in total. The van der Waals surface area contributed by atoms with Gasteiger partial charge in [-0.05, 0) is 24.3 Å². The number of nitrogen functional groups attached to an aromatic ring is 1. The number of Topliss-reactive ketones (excluding diaryl/α,β-unsaturated/α-hetero) is 1. The number of ketones is 1. The van der Waals surface area contributed by atoms with Crippen molar-refractivity contribution >= 4 is 11.5 Å². The largest absolute Gasteiger partial charge is 0.496 e. The van der Waals surface area contributed by atoms with Gasteiger partial charge >= 0.3 is 0 Å². The smallest absolute Gasteiger partial charge is 0.203 e. The average Bonchev–Trinajstić information content (AvgIpc) is 2.46. The fraction of sp³-hybridized carbons (Fsp3) is 0.133. The van der Waals surface area contributed by atoms with E-state index in [2.05, 4.69) is 0 Å². The highest BCUT2D eigenvalue weighted by molar-refractivity contribution is 5.99. The number of ether oxygens (including phenoxy) is 2. The quantitative estimate of drug-likeness (QED) is 0.660. The number of nitrogens with two attached hydrogens (primary N) is 1. The van der Waals surface area contributed by atoms with Crippen LogP contribution in [0.4, 0.5) is 5.69 Å². The summed E-state index contributed by atoms with van der Waals surface area (Å²) in [6, 6.07) is 14.1. The van der Waals surface area contributed by atoms with Gasteiger partial charge in [0.2, 0.25) is 5.78 Å². The summed E-state index contributed by atoms with van der Waals surface area (Å²) in [5.41, 5.74) is 6.75. The van der Waals surface area contributed by atoms with Crippen LogP contribution < -0.4 is 15.2 Å². The molecule has 0 aliphatic rings. The molecule has 0 aliphatic carbocycles. The maximum absolute atomic E-state index is 12.1. The molecule has 0 radical (unpaired) electrons.